The number of aryl methyl sites for hydroxylation is 3. The third-order valence-electron chi connectivity index (χ3n) is 4.32. The fourth-order valence-corrected chi connectivity index (χ4v) is 3.01. The summed E-state index contributed by atoms with van der Waals surface area (Å²) in [5.41, 5.74) is 4.72. The summed E-state index contributed by atoms with van der Waals surface area (Å²) in [6.07, 6.45) is 1.36. The van der Waals surface area contributed by atoms with Gasteiger partial charge in [0.2, 0.25) is 0 Å². The molecule has 1 N–H and O–H groups in total. The van der Waals surface area contributed by atoms with Crippen LogP contribution in [0.5, 0.6) is 11.5 Å². The molecule has 160 valence electrons. The minimum Gasteiger partial charge on any atom is -0.691 e. The Kier molecular flexibility index (Phi) is 10.3. The predicted molar refractivity (Wildman–Crippen MR) is 116 cm³/mol. The topological polar surface area (TPSA) is 108 Å². The van der Waals surface area contributed by atoms with Gasteiger partial charge in [-0.3, -0.25) is 5.04 Å². The molecular weight excluding hydrogens is 441 g/mol. The molecule has 0 radical (unpaired) electrons. The Labute approximate surface area is 212 Å². The molecule has 0 atom stereocenters. The number of phenols is 1. The SMILES string of the molecule is Cc1cc(O)ccc1N=Nc1cc(C)c(OC=Nc2ccc(SOO[O-])cc2)cc1C.[Na+]. The third-order valence-corrected chi connectivity index (χ3v) is 4.90. The number of azo groups is 1. The summed E-state index contributed by atoms with van der Waals surface area (Å²) in [6, 6.07) is 15.7. The van der Waals surface area contributed by atoms with Crippen molar-refractivity contribution >= 4 is 35.5 Å². The van der Waals surface area contributed by atoms with E-state index in [0.717, 1.165) is 34.4 Å². The van der Waals surface area contributed by atoms with Crippen LogP contribution in [0.2, 0.25) is 0 Å². The van der Waals surface area contributed by atoms with Gasteiger partial charge in [-0.05, 0) is 92.1 Å². The number of aliphatic imine (C=N–C) groups is 1. The van der Waals surface area contributed by atoms with E-state index in [4.69, 9.17) is 4.74 Å². The first-order chi connectivity index (χ1) is 15.0. The van der Waals surface area contributed by atoms with Crippen molar-refractivity contribution < 1.29 is 54.0 Å². The zero-order valence-corrected chi connectivity index (χ0v) is 20.9. The summed E-state index contributed by atoms with van der Waals surface area (Å²) in [4.78, 5) is 4.96. The normalized spacial score (nSPS) is 11.1. The molecule has 0 saturated carbocycles. The molecule has 0 amide bonds. The largest absolute Gasteiger partial charge is 1.00 e. The number of benzene rings is 3. The maximum Gasteiger partial charge on any atom is 1.00 e. The summed E-state index contributed by atoms with van der Waals surface area (Å²) in [5.74, 6) is 0.860. The molecule has 0 unspecified atom stereocenters. The van der Waals surface area contributed by atoms with Gasteiger partial charge in [0.1, 0.15) is 11.5 Å². The van der Waals surface area contributed by atoms with Crippen LogP contribution in [0.15, 0.2) is 74.7 Å². The minimum atomic E-state index is 0. The first-order valence-electron chi connectivity index (χ1n) is 9.21. The van der Waals surface area contributed by atoms with E-state index >= 15 is 0 Å². The van der Waals surface area contributed by atoms with Crippen molar-refractivity contribution in [3.05, 3.63) is 71.3 Å². The maximum absolute atomic E-state index is 9.84. The molecule has 8 nitrogen and oxygen atoms in total. The molecule has 0 aromatic heterocycles. The standard InChI is InChI=1S/C22H21N3O5S.Na/c1-14-10-18(26)6-9-20(14)24-25-21-11-16(3)22(12-15(21)2)28-13-23-17-4-7-19(8-5-17)31-30-29-27;/h4-13,26-27H,1-3H3;/q;+1/p-1. The van der Waals surface area contributed by atoms with Crippen molar-refractivity contribution in [1.29, 1.82) is 0 Å². The van der Waals surface area contributed by atoms with Crippen LogP contribution in [0.4, 0.5) is 17.1 Å². The summed E-state index contributed by atoms with van der Waals surface area (Å²) in [7, 11) is 0. The second-order valence-electron chi connectivity index (χ2n) is 6.64. The molecule has 0 aliphatic carbocycles. The fourth-order valence-electron chi connectivity index (χ4n) is 2.65. The molecule has 3 aromatic carbocycles. The van der Waals surface area contributed by atoms with E-state index in [9.17, 15) is 10.4 Å². The molecule has 0 saturated heterocycles. The fraction of sp³-hybridized carbons (Fsp3) is 0.136. The minimum absolute atomic E-state index is 0. The summed E-state index contributed by atoms with van der Waals surface area (Å²) in [6.45, 7) is 5.70. The van der Waals surface area contributed by atoms with Gasteiger partial charge < -0.3 is 15.1 Å². The van der Waals surface area contributed by atoms with E-state index in [1.165, 1.54) is 6.40 Å². The average molecular weight is 461 g/mol. The number of rotatable bonds is 8. The smallest absolute Gasteiger partial charge is 0.691 e. The number of hydrogen-bond donors (Lipinski definition) is 1. The van der Waals surface area contributed by atoms with Crippen LogP contribution in [-0.2, 0) is 9.37 Å². The Morgan fingerprint density at radius 1 is 0.875 bits per heavy atom. The number of hydrogen-bond acceptors (Lipinski definition) is 9. The molecule has 0 bridgehead atoms. The summed E-state index contributed by atoms with van der Waals surface area (Å²) >= 11 is 0.813. The van der Waals surface area contributed by atoms with Gasteiger partial charge in [-0.25, -0.2) is 4.99 Å². The maximum atomic E-state index is 9.84. The molecule has 10 heteroatoms. The van der Waals surface area contributed by atoms with Gasteiger partial charge in [0.15, 0.2) is 6.40 Å². The summed E-state index contributed by atoms with van der Waals surface area (Å²) in [5, 5.41) is 31.3. The number of aromatic hydroxyl groups is 1. The van der Waals surface area contributed by atoms with E-state index < -0.39 is 0 Å². The second-order valence-corrected chi connectivity index (χ2v) is 7.41. The van der Waals surface area contributed by atoms with Gasteiger partial charge in [-0.2, -0.15) is 14.6 Å². The molecule has 0 spiro atoms. The van der Waals surface area contributed by atoms with Crippen LogP contribution in [0.25, 0.3) is 0 Å². The molecule has 3 aromatic rings. The Balaban J connectivity index is 0.00000363. The van der Waals surface area contributed by atoms with E-state index in [1.54, 1.807) is 42.5 Å². The molecule has 0 aliphatic heterocycles. The van der Waals surface area contributed by atoms with Crippen LogP contribution >= 0.6 is 12.0 Å². The van der Waals surface area contributed by atoms with Crippen molar-refractivity contribution in [1.82, 2.24) is 0 Å². The van der Waals surface area contributed by atoms with Gasteiger partial charge in [-0.15, -0.1) is 0 Å². The van der Waals surface area contributed by atoms with Crippen LogP contribution < -0.4 is 39.6 Å². The molecule has 0 heterocycles. The van der Waals surface area contributed by atoms with Crippen LogP contribution in [0, 0.1) is 20.8 Å². The Hall–Kier alpha value is -2.24. The predicted octanol–water partition coefficient (Wildman–Crippen LogP) is 2.71. The van der Waals surface area contributed by atoms with E-state index in [2.05, 4.69) is 24.6 Å². The number of nitrogens with zero attached hydrogens (tertiary/aromatic N) is 3. The van der Waals surface area contributed by atoms with Gasteiger partial charge in [-0.1, -0.05) is 0 Å². The quantitative estimate of drug-likeness (QED) is 0.105. The van der Waals surface area contributed by atoms with Gasteiger partial charge in [0.25, 0.3) is 0 Å². The zero-order chi connectivity index (χ0) is 22.2. The van der Waals surface area contributed by atoms with E-state index in [-0.39, 0.29) is 35.3 Å². The molecular formula is C22H20N3NaO5S. The average Bonchev–Trinajstić information content (AvgIpc) is 2.75. The van der Waals surface area contributed by atoms with Gasteiger partial charge >= 0.3 is 29.6 Å². The molecule has 32 heavy (non-hydrogen) atoms. The second kappa shape index (κ2) is 12.7. The zero-order valence-electron chi connectivity index (χ0n) is 18.1. The van der Waals surface area contributed by atoms with Crippen molar-refractivity contribution in [3.63, 3.8) is 0 Å². The molecule has 0 fully saturated rings. The monoisotopic (exact) mass is 461 g/mol. The first-order valence-corrected chi connectivity index (χ1v) is 9.95. The van der Waals surface area contributed by atoms with Crippen LogP contribution in [0.1, 0.15) is 16.7 Å². The number of phenolic OH excluding ortho intramolecular Hbond substituents is 1. The van der Waals surface area contributed by atoms with Crippen molar-refractivity contribution in [2.45, 2.75) is 25.7 Å². The first kappa shape index (κ1) is 26.0. The molecule has 0 aliphatic rings. The van der Waals surface area contributed by atoms with Crippen LogP contribution in [0.3, 0.4) is 0 Å². The van der Waals surface area contributed by atoms with E-state index in [1.807, 2.05) is 32.9 Å². The Morgan fingerprint density at radius 2 is 1.56 bits per heavy atom. The Bertz CT molecular complexity index is 1110. The van der Waals surface area contributed by atoms with Crippen molar-refractivity contribution in [2.24, 2.45) is 15.2 Å². The van der Waals surface area contributed by atoms with E-state index in [0.29, 0.717) is 22.0 Å². The van der Waals surface area contributed by atoms with Crippen molar-refractivity contribution in [3.8, 4) is 11.5 Å². The van der Waals surface area contributed by atoms with Crippen molar-refractivity contribution in [2.75, 3.05) is 0 Å². The third kappa shape index (κ3) is 7.42. The Morgan fingerprint density at radius 3 is 2.25 bits per heavy atom. The van der Waals surface area contributed by atoms with Crippen LogP contribution in [-0.4, -0.2) is 11.5 Å². The van der Waals surface area contributed by atoms with Gasteiger partial charge in [0, 0.05) is 4.90 Å². The molecule has 3 rings (SSSR count). The summed E-state index contributed by atoms with van der Waals surface area (Å²) < 4.78 is 9.94. The van der Waals surface area contributed by atoms with Gasteiger partial charge in [0.05, 0.1) is 29.1 Å². The number of ether oxygens (including phenoxy) is 1.